The smallest absolute Gasteiger partial charge is 0.233 e. The number of aliphatic hydroxyl groups excluding tert-OH is 1. The van der Waals surface area contributed by atoms with Crippen molar-refractivity contribution in [1.82, 2.24) is 10.2 Å². The van der Waals surface area contributed by atoms with Crippen molar-refractivity contribution < 1.29 is 9.84 Å². The van der Waals surface area contributed by atoms with Crippen molar-refractivity contribution >= 4 is 0 Å². The molecule has 1 N–H and O–H groups in total. The van der Waals surface area contributed by atoms with E-state index in [9.17, 15) is 5.11 Å². The predicted octanol–water partition coefficient (Wildman–Crippen LogP) is 2.74. The minimum absolute atomic E-state index is 0.311. The highest BCUT2D eigenvalue weighted by molar-refractivity contribution is 5.12. The molecule has 1 aromatic rings. The molecule has 0 fully saturated rings. The second-order valence-electron chi connectivity index (χ2n) is 5.47. The van der Waals surface area contributed by atoms with E-state index >= 15 is 0 Å². The van der Waals surface area contributed by atoms with Gasteiger partial charge in [0.05, 0.1) is 18.9 Å². The summed E-state index contributed by atoms with van der Waals surface area (Å²) in [6, 6.07) is 3.48. The first kappa shape index (κ1) is 13.9. The van der Waals surface area contributed by atoms with Crippen molar-refractivity contribution in [2.24, 2.45) is 5.41 Å². The van der Waals surface area contributed by atoms with E-state index in [1.807, 2.05) is 0 Å². The van der Waals surface area contributed by atoms with Crippen LogP contribution in [0.15, 0.2) is 12.1 Å². The monoisotopic (exact) mass is 238 g/mol. The number of nitrogens with zero attached hydrogens (tertiary/aromatic N) is 2. The molecule has 0 aliphatic carbocycles. The van der Waals surface area contributed by atoms with Gasteiger partial charge in [-0.25, -0.2) is 0 Å². The molecular weight excluding hydrogens is 216 g/mol. The third-order valence-electron chi connectivity index (χ3n) is 2.62. The van der Waals surface area contributed by atoms with Crippen molar-refractivity contribution in [1.29, 1.82) is 0 Å². The molecule has 1 heterocycles. The van der Waals surface area contributed by atoms with Gasteiger partial charge in [0, 0.05) is 6.07 Å². The highest BCUT2D eigenvalue weighted by Crippen LogP contribution is 2.25. The summed E-state index contributed by atoms with van der Waals surface area (Å²) in [4.78, 5) is 0. The number of aliphatic hydroxyl groups is 1. The summed E-state index contributed by atoms with van der Waals surface area (Å²) in [5, 5.41) is 17.7. The van der Waals surface area contributed by atoms with E-state index in [1.54, 1.807) is 19.2 Å². The van der Waals surface area contributed by atoms with Gasteiger partial charge in [0.25, 0.3) is 0 Å². The van der Waals surface area contributed by atoms with E-state index < -0.39 is 6.10 Å². The number of ether oxygens (including phenoxy) is 1. The Bertz CT molecular complexity index is 330. The maximum Gasteiger partial charge on any atom is 0.233 e. The zero-order valence-corrected chi connectivity index (χ0v) is 11.1. The molecule has 0 saturated carbocycles. The Morgan fingerprint density at radius 2 is 2.00 bits per heavy atom. The number of hydrogen-bond acceptors (Lipinski definition) is 4. The van der Waals surface area contributed by atoms with Crippen LogP contribution in [0.1, 0.15) is 51.8 Å². The molecule has 0 spiro atoms. The van der Waals surface area contributed by atoms with Gasteiger partial charge in [-0.3, -0.25) is 0 Å². The lowest BCUT2D eigenvalue weighted by Gasteiger charge is -2.18. The molecule has 1 atom stereocenters. The molecule has 1 rings (SSSR count). The molecule has 0 aliphatic rings. The fourth-order valence-corrected chi connectivity index (χ4v) is 1.59. The van der Waals surface area contributed by atoms with E-state index in [0.29, 0.717) is 17.0 Å². The second kappa shape index (κ2) is 5.96. The summed E-state index contributed by atoms with van der Waals surface area (Å²) < 4.78 is 4.92. The van der Waals surface area contributed by atoms with Crippen LogP contribution in [0.5, 0.6) is 5.88 Å². The molecule has 0 saturated heterocycles. The van der Waals surface area contributed by atoms with Crippen molar-refractivity contribution in [2.75, 3.05) is 7.11 Å². The molecule has 96 valence electrons. The number of methoxy groups -OCH3 is 1. The van der Waals surface area contributed by atoms with E-state index in [4.69, 9.17) is 4.74 Å². The topological polar surface area (TPSA) is 55.2 Å². The van der Waals surface area contributed by atoms with Crippen LogP contribution in [-0.2, 0) is 0 Å². The van der Waals surface area contributed by atoms with Crippen molar-refractivity contribution in [3.05, 3.63) is 17.8 Å². The van der Waals surface area contributed by atoms with Gasteiger partial charge in [-0.15, -0.1) is 10.2 Å². The second-order valence-corrected chi connectivity index (χ2v) is 5.47. The van der Waals surface area contributed by atoms with E-state index in [2.05, 4.69) is 31.0 Å². The van der Waals surface area contributed by atoms with Crippen molar-refractivity contribution in [2.45, 2.75) is 46.1 Å². The van der Waals surface area contributed by atoms with E-state index in [1.165, 1.54) is 0 Å². The van der Waals surface area contributed by atoms with Gasteiger partial charge in [0.15, 0.2) is 0 Å². The number of aromatic nitrogens is 2. The van der Waals surface area contributed by atoms with Gasteiger partial charge in [-0.05, 0) is 30.7 Å². The minimum atomic E-state index is -0.532. The summed E-state index contributed by atoms with van der Waals surface area (Å²) in [5.41, 5.74) is 0.922. The van der Waals surface area contributed by atoms with Gasteiger partial charge in [-0.1, -0.05) is 20.8 Å². The lowest BCUT2D eigenvalue weighted by Crippen LogP contribution is -2.07. The van der Waals surface area contributed by atoms with Crippen LogP contribution in [0, 0.1) is 5.41 Å². The first-order valence-corrected chi connectivity index (χ1v) is 5.98. The van der Waals surface area contributed by atoms with Crippen molar-refractivity contribution in [3.63, 3.8) is 0 Å². The Kier molecular flexibility index (Phi) is 4.87. The Morgan fingerprint density at radius 1 is 1.29 bits per heavy atom. The molecular formula is C13H22N2O2. The molecule has 1 unspecified atom stereocenters. The Hall–Kier alpha value is -1.16. The van der Waals surface area contributed by atoms with Crippen LogP contribution in [0.4, 0.5) is 0 Å². The van der Waals surface area contributed by atoms with Gasteiger partial charge in [0.1, 0.15) is 0 Å². The zero-order valence-electron chi connectivity index (χ0n) is 11.1. The van der Waals surface area contributed by atoms with Gasteiger partial charge >= 0.3 is 0 Å². The average Bonchev–Trinajstić information content (AvgIpc) is 2.27. The summed E-state index contributed by atoms with van der Waals surface area (Å²) >= 11 is 0. The van der Waals surface area contributed by atoms with Gasteiger partial charge in [0.2, 0.25) is 5.88 Å². The van der Waals surface area contributed by atoms with E-state index in [-0.39, 0.29) is 0 Å². The largest absolute Gasteiger partial charge is 0.480 e. The lowest BCUT2D eigenvalue weighted by molar-refractivity contribution is 0.152. The molecule has 0 aliphatic heterocycles. The Balaban J connectivity index is 2.43. The minimum Gasteiger partial charge on any atom is -0.480 e. The molecule has 4 nitrogen and oxygen atoms in total. The molecule has 1 aromatic heterocycles. The lowest BCUT2D eigenvalue weighted by atomic mass is 9.89. The normalized spacial score (nSPS) is 13.5. The van der Waals surface area contributed by atoms with Gasteiger partial charge in [-0.2, -0.15) is 0 Å². The SMILES string of the molecule is COc1ccc(C(O)CCCC(C)(C)C)nn1. The molecule has 4 heteroatoms. The fourth-order valence-electron chi connectivity index (χ4n) is 1.59. The van der Waals surface area contributed by atoms with Gasteiger partial charge < -0.3 is 9.84 Å². The first-order valence-electron chi connectivity index (χ1n) is 5.98. The maximum atomic E-state index is 9.94. The summed E-state index contributed by atoms with van der Waals surface area (Å²) in [5.74, 6) is 0.468. The number of rotatable bonds is 5. The zero-order chi connectivity index (χ0) is 12.9. The molecule has 0 amide bonds. The summed E-state index contributed by atoms with van der Waals surface area (Å²) in [7, 11) is 1.55. The highest BCUT2D eigenvalue weighted by Gasteiger charge is 2.14. The molecule has 17 heavy (non-hydrogen) atoms. The fraction of sp³-hybridized carbons (Fsp3) is 0.692. The van der Waals surface area contributed by atoms with Crippen LogP contribution in [0.25, 0.3) is 0 Å². The Labute approximate surface area is 103 Å². The highest BCUT2D eigenvalue weighted by atomic mass is 16.5. The average molecular weight is 238 g/mol. The molecule has 0 aromatic carbocycles. The van der Waals surface area contributed by atoms with Crippen LogP contribution in [0.2, 0.25) is 0 Å². The molecule has 0 radical (unpaired) electrons. The first-order chi connectivity index (χ1) is 7.92. The third-order valence-corrected chi connectivity index (χ3v) is 2.62. The quantitative estimate of drug-likeness (QED) is 0.857. The van der Waals surface area contributed by atoms with E-state index in [0.717, 1.165) is 19.3 Å². The van der Waals surface area contributed by atoms with Crippen LogP contribution in [0.3, 0.4) is 0 Å². The maximum absolute atomic E-state index is 9.94. The standard InChI is InChI=1S/C13H22N2O2/c1-13(2,3)9-5-6-11(16)10-7-8-12(17-4)15-14-10/h7-8,11,16H,5-6,9H2,1-4H3. The van der Waals surface area contributed by atoms with Crippen LogP contribution in [-0.4, -0.2) is 22.4 Å². The van der Waals surface area contributed by atoms with Crippen LogP contribution >= 0.6 is 0 Å². The Morgan fingerprint density at radius 3 is 2.47 bits per heavy atom. The third kappa shape index (κ3) is 5.13. The molecule has 0 bridgehead atoms. The van der Waals surface area contributed by atoms with Crippen molar-refractivity contribution in [3.8, 4) is 5.88 Å². The predicted molar refractivity (Wildman–Crippen MR) is 66.8 cm³/mol. The summed E-state index contributed by atoms with van der Waals surface area (Å²) in [6.07, 6.45) is 2.26. The summed E-state index contributed by atoms with van der Waals surface area (Å²) in [6.45, 7) is 6.60. The number of hydrogen-bond donors (Lipinski definition) is 1. The van der Waals surface area contributed by atoms with Crippen LogP contribution < -0.4 is 4.74 Å².